The zero-order valence-electron chi connectivity index (χ0n) is 15.8. The van der Waals surface area contributed by atoms with Gasteiger partial charge in [0.2, 0.25) is 5.95 Å². The molecule has 1 fully saturated rings. The molecule has 1 saturated heterocycles. The third-order valence-electron chi connectivity index (χ3n) is 4.82. The molecule has 0 saturated carbocycles. The van der Waals surface area contributed by atoms with Crippen LogP contribution in [-0.2, 0) is 6.54 Å². The van der Waals surface area contributed by atoms with E-state index in [0.29, 0.717) is 12.2 Å². The predicted molar refractivity (Wildman–Crippen MR) is 108 cm³/mol. The van der Waals surface area contributed by atoms with Gasteiger partial charge >= 0.3 is 0 Å². The molecule has 0 unspecified atom stereocenters. The Hall–Kier alpha value is -3.55. The van der Waals surface area contributed by atoms with Crippen LogP contribution in [0, 0.1) is 5.82 Å². The molecule has 0 aliphatic carbocycles. The standard InChI is InChI=1S/C21H21FN6O/c22-17-4-2-16(3-5-17)15-26-20(29)19-14-18(6-9-23-19)27-10-12-28(13-11-27)21-24-7-1-8-25-21/h1-9,14H,10-13,15H2,(H,26,29). The number of anilines is 2. The zero-order valence-corrected chi connectivity index (χ0v) is 15.8. The third-order valence-corrected chi connectivity index (χ3v) is 4.82. The molecule has 1 amide bonds. The van der Waals surface area contributed by atoms with Crippen molar-refractivity contribution in [3.05, 3.63) is 78.1 Å². The number of halogens is 1. The van der Waals surface area contributed by atoms with Crippen LogP contribution in [0.15, 0.2) is 61.1 Å². The number of carbonyl (C=O) groups excluding carboxylic acids is 1. The maximum absolute atomic E-state index is 13.0. The van der Waals surface area contributed by atoms with Gasteiger partial charge in [-0.1, -0.05) is 12.1 Å². The number of aromatic nitrogens is 3. The van der Waals surface area contributed by atoms with Crippen molar-refractivity contribution in [2.45, 2.75) is 6.54 Å². The lowest BCUT2D eigenvalue weighted by molar-refractivity contribution is 0.0946. The number of nitrogens with zero attached hydrogens (tertiary/aromatic N) is 5. The first-order valence-corrected chi connectivity index (χ1v) is 9.45. The molecule has 1 aliphatic rings. The number of rotatable bonds is 5. The molecule has 1 N–H and O–H groups in total. The monoisotopic (exact) mass is 392 g/mol. The van der Waals surface area contributed by atoms with Crippen LogP contribution in [0.1, 0.15) is 16.1 Å². The summed E-state index contributed by atoms with van der Waals surface area (Å²) in [5, 5.41) is 2.83. The van der Waals surface area contributed by atoms with Crippen LogP contribution in [0.3, 0.4) is 0 Å². The molecular weight excluding hydrogens is 371 g/mol. The molecule has 0 atom stereocenters. The molecule has 0 spiro atoms. The van der Waals surface area contributed by atoms with Gasteiger partial charge in [-0.3, -0.25) is 9.78 Å². The summed E-state index contributed by atoms with van der Waals surface area (Å²) >= 11 is 0. The van der Waals surface area contributed by atoms with Crippen LogP contribution in [-0.4, -0.2) is 47.0 Å². The van der Waals surface area contributed by atoms with Crippen molar-refractivity contribution in [2.24, 2.45) is 0 Å². The van der Waals surface area contributed by atoms with Gasteiger partial charge in [0, 0.05) is 57.0 Å². The molecule has 7 nitrogen and oxygen atoms in total. The number of carbonyl (C=O) groups is 1. The number of nitrogens with one attached hydrogen (secondary N) is 1. The molecule has 3 heterocycles. The summed E-state index contributed by atoms with van der Waals surface area (Å²) in [7, 11) is 0. The Morgan fingerprint density at radius 1 is 0.931 bits per heavy atom. The van der Waals surface area contributed by atoms with Crippen molar-refractivity contribution < 1.29 is 9.18 Å². The molecule has 2 aromatic heterocycles. The number of amides is 1. The molecule has 148 valence electrons. The smallest absolute Gasteiger partial charge is 0.270 e. The average molecular weight is 392 g/mol. The first-order chi connectivity index (χ1) is 14.2. The van der Waals surface area contributed by atoms with E-state index in [2.05, 4.69) is 30.1 Å². The maximum atomic E-state index is 13.0. The number of piperazine rings is 1. The summed E-state index contributed by atoms with van der Waals surface area (Å²) < 4.78 is 13.0. The van der Waals surface area contributed by atoms with Crippen LogP contribution < -0.4 is 15.1 Å². The predicted octanol–water partition coefficient (Wildman–Crippen LogP) is 2.27. The fourth-order valence-electron chi connectivity index (χ4n) is 3.23. The second kappa shape index (κ2) is 8.64. The molecule has 3 aromatic rings. The van der Waals surface area contributed by atoms with Gasteiger partial charge < -0.3 is 15.1 Å². The van der Waals surface area contributed by atoms with Crippen molar-refractivity contribution in [3.8, 4) is 0 Å². The highest BCUT2D eigenvalue weighted by molar-refractivity contribution is 5.93. The van der Waals surface area contributed by atoms with E-state index >= 15 is 0 Å². The molecule has 0 bridgehead atoms. The lowest BCUT2D eigenvalue weighted by Gasteiger charge is -2.36. The van der Waals surface area contributed by atoms with Gasteiger partial charge in [0.15, 0.2) is 0 Å². The van der Waals surface area contributed by atoms with E-state index in [9.17, 15) is 9.18 Å². The molecule has 1 aromatic carbocycles. The van der Waals surface area contributed by atoms with Gasteiger partial charge in [0.05, 0.1) is 0 Å². The van der Waals surface area contributed by atoms with Gasteiger partial charge in [-0.2, -0.15) is 0 Å². The Labute approximate surface area is 168 Å². The second-order valence-corrected chi connectivity index (χ2v) is 6.73. The minimum absolute atomic E-state index is 0.257. The highest BCUT2D eigenvalue weighted by atomic mass is 19.1. The molecule has 8 heteroatoms. The summed E-state index contributed by atoms with van der Waals surface area (Å²) in [5.41, 5.74) is 2.15. The lowest BCUT2D eigenvalue weighted by Crippen LogP contribution is -2.47. The molecule has 1 aliphatic heterocycles. The van der Waals surface area contributed by atoms with Crippen molar-refractivity contribution in [2.75, 3.05) is 36.0 Å². The van der Waals surface area contributed by atoms with E-state index < -0.39 is 0 Å². The Bertz CT molecular complexity index is 958. The van der Waals surface area contributed by atoms with Crippen molar-refractivity contribution in [1.29, 1.82) is 0 Å². The summed E-state index contributed by atoms with van der Waals surface area (Å²) in [5.74, 6) is 0.184. The van der Waals surface area contributed by atoms with Gasteiger partial charge in [-0.25, -0.2) is 14.4 Å². The minimum Gasteiger partial charge on any atom is -0.368 e. The quantitative estimate of drug-likeness (QED) is 0.718. The highest BCUT2D eigenvalue weighted by Gasteiger charge is 2.20. The van der Waals surface area contributed by atoms with Crippen LogP contribution >= 0.6 is 0 Å². The zero-order chi connectivity index (χ0) is 20.1. The fraction of sp³-hybridized carbons (Fsp3) is 0.238. The van der Waals surface area contributed by atoms with Crippen LogP contribution in [0.25, 0.3) is 0 Å². The lowest BCUT2D eigenvalue weighted by atomic mass is 10.2. The molecule has 4 rings (SSSR count). The first kappa shape index (κ1) is 18.8. The van der Waals surface area contributed by atoms with E-state index in [1.807, 2.05) is 6.07 Å². The summed E-state index contributed by atoms with van der Waals surface area (Å²) in [4.78, 5) is 29.6. The Morgan fingerprint density at radius 3 is 2.34 bits per heavy atom. The van der Waals surface area contributed by atoms with E-state index in [1.165, 1.54) is 12.1 Å². The van der Waals surface area contributed by atoms with Gasteiger partial charge in [0.1, 0.15) is 11.5 Å². The normalized spacial score (nSPS) is 14.0. The maximum Gasteiger partial charge on any atom is 0.270 e. The Kier molecular flexibility index (Phi) is 5.60. The van der Waals surface area contributed by atoms with E-state index in [4.69, 9.17) is 0 Å². The number of pyridine rings is 1. The van der Waals surface area contributed by atoms with Gasteiger partial charge in [-0.05, 0) is 35.9 Å². The van der Waals surface area contributed by atoms with E-state index in [1.54, 1.807) is 42.9 Å². The number of hydrogen-bond acceptors (Lipinski definition) is 6. The second-order valence-electron chi connectivity index (χ2n) is 6.73. The first-order valence-electron chi connectivity index (χ1n) is 9.45. The minimum atomic E-state index is -0.298. The molecule has 0 radical (unpaired) electrons. The summed E-state index contributed by atoms with van der Waals surface area (Å²) in [6.45, 7) is 3.54. The van der Waals surface area contributed by atoms with Gasteiger partial charge in [-0.15, -0.1) is 0 Å². The van der Waals surface area contributed by atoms with E-state index in [-0.39, 0.29) is 11.7 Å². The van der Waals surface area contributed by atoms with Gasteiger partial charge in [0.25, 0.3) is 5.91 Å². The molecule has 29 heavy (non-hydrogen) atoms. The van der Waals surface area contributed by atoms with Crippen LogP contribution in [0.4, 0.5) is 16.0 Å². The SMILES string of the molecule is O=C(NCc1ccc(F)cc1)c1cc(N2CCN(c3ncccn3)CC2)ccn1. The largest absolute Gasteiger partial charge is 0.368 e. The number of hydrogen-bond donors (Lipinski definition) is 1. The summed E-state index contributed by atoms with van der Waals surface area (Å²) in [6, 6.07) is 11.6. The average Bonchev–Trinajstić information content (AvgIpc) is 2.79. The fourth-order valence-corrected chi connectivity index (χ4v) is 3.23. The van der Waals surface area contributed by atoms with E-state index in [0.717, 1.165) is 43.4 Å². The van der Waals surface area contributed by atoms with Crippen LogP contribution in [0.2, 0.25) is 0 Å². The number of benzene rings is 1. The van der Waals surface area contributed by atoms with Crippen LogP contribution in [0.5, 0.6) is 0 Å². The highest BCUT2D eigenvalue weighted by Crippen LogP contribution is 2.18. The summed E-state index contributed by atoms with van der Waals surface area (Å²) in [6.07, 6.45) is 5.14. The Balaban J connectivity index is 1.36. The third kappa shape index (κ3) is 4.66. The Morgan fingerprint density at radius 2 is 1.62 bits per heavy atom. The van der Waals surface area contributed by atoms with Crippen molar-refractivity contribution >= 4 is 17.5 Å². The van der Waals surface area contributed by atoms with Crippen molar-refractivity contribution in [3.63, 3.8) is 0 Å². The topological polar surface area (TPSA) is 74.2 Å². The van der Waals surface area contributed by atoms with Crippen molar-refractivity contribution in [1.82, 2.24) is 20.3 Å². The molecular formula is C21H21FN6O.